The quantitative estimate of drug-likeness (QED) is 0.203. The van der Waals surface area contributed by atoms with E-state index in [0.717, 1.165) is 43.2 Å². The van der Waals surface area contributed by atoms with Crippen LogP contribution < -0.4 is 10.6 Å². The average molecular weight is 562 g/mol. The molecular weight excluding hydrogens is 510 g/mol. The van der Waals surface area contributed by atoms with Crippen LogP contribution in [0.3, 0.4) is 0 Å². The lowest BCUT2D eigenvalue weighted by Crippen LogP contribution is -2.52. The number of rotatable bonds is 16. The molecule has 0 heterocycles. The third-order valence-corrected chi connectivity index (χ3v) is 6.48. The molecule has 0 saturated carbocycles. The number of hydrogen-bond donors (Lipinski definition) is 2. The normalized spacial score (nSPS) is 12.7. The van der Waals surface area contributed by atoms with Crippen LogP contribution in [0.25, 0.3) is 0 Å². The van der Waals surface area contributed by atoms with Crippen LogP contribution in [-0.4, -0.2) is 60.1 Å². The van der Waals surface area contributed by atoms with Crippen molar-refractivity contribution in [3.63, 3.8) is 0 Å². The van der Waals surface area contributed by atoms with E-state index in [1.54, 1.807) is 39.5 Å². The summed E-state index contributed by atoms with van der Waals surface area (Å²) in [5, 5.41) is 5.45. The second-order valence-electron chi connectivity index (χ2n) is 11.3. The van der Waals surface area contributed by atoms with Gasteiger partial charge in [0, 0.05) is 13.1 Å². The van der Waals surface area contributed by atoms with Crippen molar-refractivity contribution < 1.29 is 28.7 Å². The highest BCUT2D eigenvalue weighted by Crippen LogP contribution is 2.26. The Morgan fingerprint density at radius 2 is 1.60 bits per heavy atom. The lowest BCUT2D eigenvalue weighted by molar-refractivity contribution is -0.144. The molecule has 226 valence electrons. The molecule has 3 amide bonds. The first-order valence-electron chi connectivity index (χ1n) is 14.6. The van der Waals surface area contributed by atoms with Crippen molar-refractivity contribution >= 4 is 23.9 Å². The van der Waals surface area contributed by atoms with Crippen LogP contribution in [0.4, 0.5) is 4.79 Å². The third-order valence-electron chi connectivity index (χ3n) is 6.48. The van der Waals surface area contributed by atoms with Crippen LogP contribution in [-0.2, 0) is 23.9 Å². The molecule has 1 aromatic carbocycles. The number of esters is 1. The van der Waals surface area contributed by atoms with Gasteiger partial charge in [0.15, 0.2) is 0 Å². The highest BCUT2D eigenvalue weighted by atomic mass is 16.6. The summed E-state index contributed by atoms with van der Waals surface area (Å²) in [6.45, 7) is 15.4. The number of benzene rings is 1. The summed E-state index contributed by atoms with van der Waals surface area (Å²) >= 11 is 0. The summed E-state index contributed by atoms with van der Waals surface area (Å²) in [6.07, 6.45) is 5.43. The van der Waals surface area contributed by atoms with E-state index < -0.39 is 35.7 Å². The van der Waals surface area contributed by atoms with Crippen LogP contribution in [0.2, 0.25) is 0 Å². The first-order valence-corrected chi connectivity index (χ1v) is 14.6. The minimum Gasteiger partial charge on any atom is -0.466 e. The maximum atomic E-state index is 13.9. The van der Waals surface area contributed by atoms with Gasteiger partial charge in [-0.1, -0.05) is 57.2 Å². The lowest BCUT2D eigenvalue weighted by atomic mass is 9.98. The maximum absolute atomic E-state index is 13.9. The Kier molecular flexibility index (Phi) is 15.3. The number of ether oxygens (including phenoxy) is 2. The number of nitrogens with one attached hydrogen (secondary N) is 2. The molecule has 0 aromatic heterocycles. The van der Waals surface area contributed by atoms with Gasteiger partial charge in [0.05, 0.1) is 13.0 Å². The topological polar surface area (TPSA) is 114 Å². The number of unbranched alkanes of at least 4 members (excludes halogenated alkanes) is 5. The zero-order valence-corrected chi connectivity index (χ0v) is 25.9. The molecule has 0 aliphatic heterocycles. The molecule has 9 heteroatoms. The fourth-order valence-electron chi connectivity index (χ4n) is 4.25. The van der Waals surface area contributed by atoms with E-state index in [1.807, 2.05) is 32.0 Å². The molecule has 0 bridgehead atoms. The van der Waals surface area contributed by atoms with Gasteiger partial charge in [0.25, 0.3) is 0 Å². The molecular formula is C31H51N3O6. The monoisotopic (exact) mass is 561 g/mol. The smallest absolute Gasteiger partial charge is 0.408 e. The van der Waals surface area contributed by atoms with Crippen molar-refractivity contribution in [1.29, 1.82) is 0 Å². The second-order valence-corrected chi connectivity index (χ2v) is 11.3. The SMILES string of the molecule is CCCCCCCCN(C(=O)C(C)NC(=O)OC(C)(C)C)C(C(=O)NCCC(=O)OCC)c1ccc(C)c(C)c1. The first kappa shape index (κ1) is 34.9. The van der Waals surface area contributed by atoms with Gasteiger partial charge < -0.3 is 25.0 Å². The van der Waals surface area contributed by atoms with E-state index in [2.05, 4.69) is 17.6 Å². The van der Waals surface area contributed by atoms with Crippen LogP contribution in [0.5, 0.6) is 0 Å². The van der Waals surface area contributed by atoms with Gasteiger partial charge in [-0.25, -0.2) is 4.79 Å². The number of aryl methyl sites for hydroxylation is 2. The van der Waals surface area contributed by atoms with Crippen molar-refractivity contribution in [3.05, 3.63) is 34.9 Å². The molecule has 2 N–H and O–H groups in total. The van der Waals surface area contributed by atoms with Crippen LogP contribution in [0, 0.1) is 13.8 Å². The number of alkyl carbamates (subject to hydrolysis) is 1. The number of amides is 3. The Hall–Kier alpha value is -3.10. The summed E-state index contributed by atoms with van der Waals surface area (Å²) in [4.78, 5) is 53.3. The van der Waals surface area contributed by atoms with Gasteiger partial charge in [-0.05, 0) is 71.6 Å². The predicted octanol–water partition coefficient (Wildman–Crippen LogP) is 5.52. The molecule has 0 aliphatic rings. The summed E-state index contributed by atoms with van der Waals surface area (Å²) in [5.74, 6) is -1.18. The van der Waals surface area contributed by atoms with Gasteiger partial charge >= 0.3 is 12.1 Å². The molecule has 0 spiro atoms. The number of carbonyl (C=O) groups is 4. The first-order chi connectivity index (χ1) is 18.8. The Labute approximate surface area is 240 Å². The molecule has 1 aromatic rings. The Balaban J connectivity index is 3.29. The van der Waals surface area contributed by atoms with E-state index in [-0.39, 0.29) is 25.5 Å². The molecule has 9 nitrogen and oxygen atoms in total. The van der Waals surface area contributed by atoms with Gasteiger partial charge in [0.2, 0.25) is 11.8 Å². The van der Waals surface area contributed by atoms with Gasteiger partial charge in [-0.2, -0.15) is 0 Å². The summed E-state index contributed by atoms with van der Waals surface area (Å²) in [7, 11) is 0. The van der Waals surface area contributed by atoms with Crippen LogP contribution in [0.1, 0.15) is 109 Å². The van der Waals surface area contributed by atoms with Crippen LogP contribution in [0.15, 0.2) is 18.2 Å². The Bertz CT molecular complexity index is 972. The van der Waals surface area contributed by atoms with E-state index in [1.165, 1.54) is 0 Å². The molecule has 1 rings (SSSR count). The van der Waals surface area contributed by atoms with Crippen molar-refractivity contribution in [2.75, 3.05) is 19.7 Å². The van der Waals surface area contributed by atoms with E-state index in [0.29, 0.717) is 18.5 Å². The predicted molar refractivity (Wildman–Crippen MR) is 157 cm³/mol. The zero-order chi connectivity index (χ0) is 30.3. The standard InChI is InChI=1S/C31H51N3O6/c1-9-11-12-13-14-15-20-34(29(37)24(5)33-30(38)40-31(6,7)8)27(25-17-16-22(3)23(4)21-25)28(36)32-19-18-26(35)39-10-2/h16-17,21,24,27H,9-15,18-20H2,1-8H3,(H,32,36)(H,33,38). The fraction of sp³-hybridized carbons (Fsp3) is 0.677. The summed E-state index contributed by atoms with van der Waals surface area (Å²) in [6, 6.07) is 3.84. The van der Waals surface area contributed by atoms with E-state index in [4.69, 9.17) is 9.47 Å². The fourth-order valence-corrected chi connectivity index (χ4v) is 4.25. The van der Waals surface area contributed by atoms with E-state index >= 15 is 0 Å². The molecule has 0 radical (unpaired) electrons. The highest BCUT2D eigenvalue weighted by molar-refractivity contribution is 5.92. The molecule has 0 aliphatic carbocycles. The molecule has 0 fully saturated rings. The number of nitrogens with zero attached hydrogens (tertiary/aromatic N) is 1. The van der Waals surface area contributed by atoms with Crippen molar-refractivity contribution in [2.24, 2.45) is 0 Å². The third kappa shape index (κ3) is 12.8. The molecule has 40 heavy (non-hydrogen) atoms. The van der Waals surface area contributed by atoms with Crippen molar-refractivity contribution in [2.45, 2.75) is 118 Å². The summed E-state index contributed by atoms with van der Waals surface area (Å²) < 4.78 is 10.3. The Morgan fingerprint density at radius 3 is 2.20 bits per heavy atom. The van der Waals surface area contributed by atoms with Gasteiger partial charge in [-0.15, -0.1) is 0 Å². The summed E-state index contributed by atoms with van der Waals surface area (Å²) in [5.41, 5.74) is 2.01. The molecule has 2 unspecified atom stereocenters. The highest BCUT2D eigenvalue weighted by Gasteiger charge is 2.34. The Morgan fingerprint density at radius 1 is 0.950 bits per heavy atom. The van der Waals surface area contributed by atoms with Gasteiger partial charge in [-0.3, -0.25) is 14.4 Å². The largest absolute Gasteiger partial charge is 0.466 e. The van der Waals surface area contributed by atoms with Gasteiger partial charge in [0.1, 0.15) is 17.7 Å². The zero-order valence-electron chi connectivity index (χ0n) is 25.9. The maximum Gasteiger partial charge on any atom is 0.408 e. The van der Waals surface area contributed by atoms with Crippen LogP contribution >= 0.6 is 0 Å². The minimum absolute atomic E-state index is 0.0290. The second kappa shape index (κ2) is 17.6. The van der Waals surface area contributed by atoms with Crippen molar-refractivity contribution in [3.8, 4) is 0 Å². The number of hydrogen-bond acceptors (Lipinski definition) is 6. The van der Waals surface area contributed by atoms with E-state index in [9.17, 15) is 19.2 Å². The minimum atomic E-state index is -0.937. The van der Waals surface area contributed by atoms with Crippen molar-refractivity contribution in [1.82, 2.24) is 15.5 Å². The lowest BCUT2D eigenvalue weighted by Gasteiger charge is -2.34. The molecule has 2 atom stereocenters. The number of carbonyl (C=O) groups excluding carboxylic acids is 4. The average Bonchev–Trinajstić information content (AvgIpc) is 2.85. The molecule has 0 saturated heterocycles.